The maximum Gasteiger partial charge on any atom is 0.349 e. The summed E-state index contributed by atoms with van der Waals surface area (Å²) in [4.78, 5) is 15.3. The van der Waals surface area contributed by atoms with Gasteiger partial charge in [0.05, 0.1) is 10.4 Å². The fraction of sp³-hybridized carbons (Fsp3) is 0. The van der Waals surface area contributed by atoms with E-state index < -0.39 is 16.0 Å². The minimum Gasteiger partial charge on any atom is -0.370 e. The number of hydrogen-bond donors (Lipinski definition) is 1. The van der Waals surface area contributed by atoms with Gasteiger partial charge < -0.3 is 4.84 Å². The molecule has 0 aliphatic heterocycles. The SMILES string of the molecule is NOC(=O)/C=C/c1ccc2c(ccn2S(=O)(=O)c2ccccc2)c1. The third-order valence-corrected chi connectivity index (χ3v) is 5.21. The van der Waals surface area contributed by atoms with Gasteiger partial charge in [0.15, 0.2) is 0 Å². The lowest BCUT2D eigenvalue weighted by Gasteiger charge is -2.07. The van der Waals surface area contributed by atoms with Crippen molar-refractivity contribution >= 4 is 33.0 Å². The molecule has 0 amide bonds. The molecule has 3 rings (SSSR count). The van der Waals surface area contributed by atoms with E-state index in [0.29, 0.717) is 5.52 Å². The number of aromatic nitrogens is 1. The molecule has 0 radical (unpaired) electrons. The van der Waals surface area contributed by atoms with Crippen molar-refractivity contribution in [3.63, 3.8) is 0 Å². The lowest BCUT2D eigenvalue weighted by molar-refractivity contribution is -0.138. The fourth-order valence-electron chi connectivity index (χ4n) is 2.36. The molecule has 1 aromatic heterocycles. The molecule has 1 heterocycles. The summed E-state index contributed by atoms with van der Waals surface area (Å²) in [6.45, 7) is 0. The molecule has 2 aromatic carbocycles. The van der Waals surface area contributed by atoms with Gasteiger partial charge in [0.1, 0.15) is 0 Å². The van der Waals surface area contributed by atoms with Crippen LogP contribution in [-0.2, 0) is 19.7 Å². The van der Waals surface area contributed by atoms with Gasteiger partial charge in [0.25, 0.3) is 10.0 Å². The first-order valence-electron chi connectivity index (χ1n) is 7.03. The van der Waals surface area contributed by atoms with Crippen LogP contribution < -0.4 is 5.90 Å². The average Bonchev–Trinajstić information content (AvgIpc) is 3.04. The van der Waals surface area contributed by atoms with Crippen molar-refractivity contribution in [2.24, 2.45) is 5.90 Å². The molecule has 6 nitrogen and oxygen atoms in total. The van der Waals surface area contributed by atoms with E-state index in [4.69, 9.17) is 5.90 Å². The monoisotopic (exact) mass is 342 g/mol. The fourth-order valence-corrected chi connectivity index (χ4v) is 3.73. The molecule has 0 saturated heterocycles. The van der Waals surface area contributed by atoms with Gasteiger partial charge in [-0.15, -0.1) is 0 Å². The van der Waals surface area contributed by atoms with Gasteiger partial charge in [-0.3, -0.25) is 0 Å². The summed E-state index contributed by atoms with van der Waals surface area (Å²) in [7, 11) is -3.66. The molecule has 3 aromatic rings. The van der Waals surface area contributed by atoms with E-state index in [2.05, 4.69) is 4.84 Å². The third kappa shape index (κ3) is 2.94. The van der Waals surface area contributed by atoms with Crippen LogP contribution in [0.2, 0.25) is 0 Å². The summed E-state index contributed by atoms with van der Waals surface area (Å²) in [5, 5.41) is 0.734. The largest absolute Gasteiger partial charge is 0.370 e. The predicted molar refractivity (Wildman–Crippen MR) is 90.3 cm³/mol. The highest BCUT2D eigenvalue weighted by Gasteiger charge is 2.18. The van der Waals surface area contributed by atoms with Gasteiger partial charge in [-0.05, 0) is 42.0 Å². The highest BCUT2D eigenvalue weighted by atomic mass is 32.2. The van der Waals surface area contributed by atoms with Crippen LogP contribution in [0.15, 0.2) is 71.8 Å². The van der Waals surface area contributed by atoms with Crippen LogP contribution in [0.4, 0.5) is 0 Å². The Kier molecular flexibility index (Phi) is 4.20. The normalized spacial score (nSPS) is 11.9. The maximum absolute atomic E-state index is 12.7. The molecule has 7 heteroatoms. The maximum atomic E-state index is 12.7. The Hall–Kier alpha value is -2.90. The van der Waals surface area contributed by atoms with E-state index in [1.165, 1.54) is 22.3 Å². The zero-order valence-corrected chi connectivity index (χ0v) is 13.3. The van der Waals surface area contributed by atoms with Crippen molar-refractivity contribution in [1.29, 1.82) is 0 Å². The van der Waals surface area contributed by atoms with Crippen molar-refractivity contribution in [2.45, 2.75) is 4.90 Å². The molecule has 0 fully saturated rings. The lowest BCUT2D eigenvalue weighted by Crippen LogP contribution is -2.11. The second-order valence-corrected chi connectivity index (χ2v) is 6.83. The summed E-state index contributed by atoms with van der Waals surface area (Å²) < 4.78 is 26.7. The van der Waals surface area contributed by atoms with E-state index in [0.717, 1.165) is 10.9 Å². The van der Waals surface area contributed by atoms with Crippen LogP contribution in [-0.4, -0.2) is 18.4 Å². The number of fused-ring (bicyclic) bond motifs is 1. The number of benzene rings is 2. The number of nitrogens with zero attached hydrogens (tertiary/aromatic N) is 1. The van der Waals surface area contributed by atoms with Gasteiger partial charge in [-0.1, -0.05) is 24.3 Å². The van der Waals surface area contributed by atoms with Crippen LogP contribution in [0.25, 0.3) is 17.0 Å². The van der Waals surface area contributed by atoms with Crippen molar-refractivity contribution in [1.82, 2.24) is 3.97 Å². The molecule has 0 aliphatic carbocycles. The lowest BCUT2D eigenvalue weighted by atomic mass is 10.1. The number of carbonyl (C=O) groups excluding carboxylic acids is 1. The number of nitrogens with two attached hydrogens (primary N) is 1. The van der Waals surface area contributed by atoms with E-state index >= 15 is 0 Å². The Bertz CT molecular complexity index is 1020. The van der Waals surface area contributed by atoms with Crippen LogP contribution in [0.1, 0.15) is 5.56 Å². The van der Waals surface area contributed by atoms with Crippen molar-refractivity contribution in [3.05, 3.63) is 72.4 Å². The molecule has 0 unspecified atom stereocenters. The van der Waals surface area contributed by atoms with Gasteiger partial charge in [-0.2, -0.15) is 5.90 Å². The Morgan fingerprint density at radius 3 is 2.54 bits per heavy atom. The standard InChI is InChI=1S/C17H14N2O4S/c18-23-17(20)9-7-13-6-8-16-14(12-13)10-11-19(16)24(21,22)15-4-2-1-3-5-15/h1-12H,18H2/b9-7+. The van der Waals surface area contributed by atoms with Crippen LogP contribution in [0, 0.1) is 0 Å². The quantitative estimate of drug-likeness (QED) is 0.580. The number of hydrogen-bond acceptors (Lipinski definition) is 5. The highest BCUT2D eigenvalue weighted by Crippen LogP contribution is 2.23. The highest BCUT2D eigenvalue weighted by molar-refractivity contribution is 7.90. The molecule has 0 saturated carbocycles. The number of carbonyl (C=O) groups is 1. The summed E-state index contributed by atoms with van der Waals surface area (Å²) in [6.07, 6.45) is 4.24. The number of rotatable bonds is 4. The minimum atomic E-state index is -3.66. The topological polar surface area (TPSA) is 91.4 Å². The first kappa shape index (κ1) is 16.0. The molecule has 0 spiro atoms. The molecular formula is C17H14N2O4S. The molecule has 0 atom stereocenters. The van der Waals surface area contributed by atoms with Crippen LogP contribution >= 0.6 is 0 Å². The predicted octanol–water partition coefficient (Wildman–Crippen LogP) is 2.31. The second-order valence-electron chi connectivity index (χ2n) is 5.02. The summed E-state index contributed by atoms with van der Waals surface area (Å²) in [6, 6.07) is 15.1. The summed E-state index contributed by atoms with van der Waals surface area (Å²) in [5.41, 5.74) is 1.28. The Morgan fingerprint density at radius 2 is 1.83 bits per heavy atom. The minimum absolute atomic E-state index is 0.220. The summed E-state index contributed by atoms with van der Waals surface area (Å²) in [5.74, 6) is 4.10. The first-order valence-corrected chi connectivity index (χ1v) is 8.47. The zero-order valence-electron chi connectivity index (χ0n) is 12.5. The summed E-state index contributed by atoms with van der Waals surface area (Å²) >= 11 is 0. The van der Waals surface area contributed by atoms with E-state index in [9.17, 15) is 13.2 Å². The van der Waals surface area contributed by atoms with Crippen molar-refractivity contribution in [2.75, 3.05) is 0 Å². The Morgan fingerprint density at radius 1 is 1.08 bits per heavy atom. The second kappa shape index (κ2) is 6.31. The van der Waals surface area contributed by atoms with Gasteiger partial charge in [0.2, 0.25) is 0 Å². The smallest absolute Gasteiger partial charge is 0.349 e. The van der Waals surface area contributed by atoms with Gasteiger partial charge >= 0.3 is 5.97 Å². The van der Waals surface area contributed by atoms with E-state index in [1.807, 2.05) is 0 Å². The Labute approximate surface area is 138 Å². The van der Waals surface area contributed by atoms with E-state index in [1.54, 1.807) is 54.6 Å². The van der Waals surface area contributed by atoms with Crippen molar-refractivity contribution < 1.29 is 18.0 Å². The Balaban J connectivity index is 2.03. The average molecular weight is 342 g/mol. The first-order chi connectivity index (χ1) is 11.5. The molecule has 2 N–H and O–H groups in total. The third-order valence-electron chi connectivity index (χ3n) is 3.51. The molecular weight excluding hydrogens is 328 g/mol. The van der Waals surface area contributed by atoms with E-state index in [-0.39, 0.29) is 4.90 Å². The molecule has 122 valence electrons. The van der Waals surface area contributed by atoms with Crippen LogP contribution in [0.5, 0.6) is 0 Å². The van der Waals surface area contributed by atoms with Gasteiger partial charge in [-0.25, -0.2) is 17.2 Å². The van der Waals surface area contributed by atoms with Gasteiger partial charge in [0, 0.05) is 17.7 Å². The van der Waals surface area contributed by atoms with Crippen LogP contribution in [0.3, 0.4) is 0 Å². The molecule has 0 bridgehead atoms. The van der Waals surface area contributed by atoms with Crippen molar-refractivity contribution in [3.8, 4) is 0 Å². The molecule has 0 aliphatic rings. The molecule has 24 heavy (non-hydrogen) atoms. The zero-order chi connectivity index (χ0) is 17.2.